The van der Waals surface area contributed by atoms with Crippen molar-refractivity contribution < 1.29 is 14.0 Å². The molecule has 1 atom stereocenters. The molecule has 1 amide bonds. The lowest BCUT2D eigenvalue weighted by Crippen LogP contribution is -2.29. The molecule has 2 aromatic rings. The van der Waals surface area contributed by atoms with E-state index in [2.05, 4.69) is 5.32 Å². The summed E-state index contributed by atoms with van der Waals surface area (Å²) in [4.78, 5) is 24.3. The van der Waals surface area contributed by atoms with Gasteiger partial charge in [0.1, 0.15) is 5.82 Å². The first-order chi connectivity index (χ1) is 10.5. The fraction of sp³-hybridized carbons (Fsp3) is 0.118. The molecule has 0 heterocycles. The van der Waals surface area contributed by atoms with Crippen LogP contribution in [0.25, 0.3) is 0 Å². The molecule has 4 nitrogen and oxygen atoms in total. The third-order valence-electron chi connectivity index (χ3n) is 3.19. The van der Waals surface area contributed by atoms with Crippen LogP contribution in [0.2, 0.25) is 0 Å². The van der Waals surface area contributed by atoms with Crippen molar-refractivity contribution >= 4 is 17.4 Å². The van der Waals surface area contributed by atoms with E-state index in [1.165, 1.54) is 12.1 Å². The van der Waals surface area contributed by atoms with Gasteiger partial charge in [-0.15, -0.1) is 0 Å². The summed E-state index contributed by atoms with van der Waals surface area (Å²) in [5.74, 6) is -3.33. The van der Waals surface area contributed by atoms with Crippen molar-refractivity contribution in [2.45, 2.75) is 6.92 Å². The van der Waals surface area contributed by atoms with E-state index in [0.29, 0.717) is 5.69 Å². The van der Waals surface area contributed by atoms with Crippen LogP contribution >= 0.6 is 0 Å². The van der Waals surface area contributed by atoms with Crippen LogP contribution in [0, 0.1) is 30.0 Å². The van der Waals surface area contributed by atoms with Crippen molar-refractivity contribution in [3.05, 3.63) is 65.5 Å². The molecule has 22 heavy (non-hydrogen) atoms. The van der Waals surface area contributed by atoms with Gasteiger partial charge in [0.2, 0.25) is 5.91 Å². The predicted octanol–water partition coefficient (Wildman–Crippen LogP) is 3.10. The number of Topliss-reactive ketones (excluding diaryl/α,β-unsaturated/α-hetero) is 1. The zero-order chi connectivity index (χ0) is 16.1. The zero-order valence-corrected chi connectivity index (χ0v) is 11.8. The van der Waals surface area contributed by atoms with Crippen molar-refractivity contribution in [2.24, 2.45) is 5.92 Å². The zero-order valence-electron chi connectivity index (χ0n) is 11.8. The first-order valence-corrected chi connectivity index (χ1v) is 6.59. The molecule has 5 heteroatoms. The van der Waals surface area contributed by atoms with Crippen molar-refractivity contribution in [3.8, 4) is 6.07 Å². The maximum atomic E-state index is 12.9. The largest absolute Gasteiger partial charge is 0.324 e. The normalized spacial score (nSPS) is 11.3. The van der Waals surface area contributed by atoms with Gasteiger partial charge in [0.15, 0.2) is 11.7 Å². The average Bonchev–Trinajstić information content (AvgIpc) is 2.51. The number of ketones is 1. The molecule has 0 aliphatic rings. The Labute approximate surface area is 127 Å². The van der Waals surface area contributed by atoms with Gasteiger partial charge in [0.25, 0.3) is 0 Å². The number of hydrogen-bond acceptors (Lipinski definition) is 3. The summed E-state index contributed by atoms with van der Waals surface area (Å²) < 4.78 is 12.9. The minimum absolute atomic E-state index is 0.118. The Morgan fingerprint density at radius 2 is 1.77 bits per heavy atom. The number of rotatable bonds is 4. The number of halogens is 1. The van der Waals surface area contributed by atoms with E-state index in [4.69, 9.17) is 5.26 Å². The fourth-order valence-electron chi connectivity index (χ4n) is 1.94. The van der Waals surface area contributed by atoms with Crippen LogP contribution in [-0.4, -0.2) is 11.7 Å². The van der Waals surface area contributed by atoms with Crippen LogP contribution < -0.4 is 5.32 Å². The number of hydrogen-bond donors (Lipinski definition) is 1. The Morgan fingerprint density at radius 1 is 1.14 bits per heavy atom. The third kappa shape index (κ3) is 3.36. The number of para-hydroxylation sites is 1. The summed E-state index contributed by atoms with van der Waals surface area (Å²) in [6.45, 7) is 1.80. The number of benzene rings is 2. The summed E-state index contributed by atoms with van der Waals surface area (Å²) in [5.41, 5.74) is 1.48. The van der Waals surface area contributed by atoms with Crippen LogP contribution in [0.15, 0.2) is 48.5 Å². The van der Waals surface area contributed by atoms with Gasteiger partial charge in [-0.3, -0.25) is 9.59 Å². The molecule has 110 valence electrons. The Bertz CT molecular complexity index is 748. The smallest absolute Gasteiger partial charge is 0.249 e. The molecule has 2 rings (SSSR count). The SMILES string of the molecule is Cc1ccccc1NC(=O)[C@H](C#N)C(=O)c1ccc(F)cc1. The van der Waals surface area contributed by atoms with Crippen LogP contribution in [0.4, 0.5) is 10.1 Å². The lowest BCUT2D eigenvalue weighted by atomic mass is 9.98. The number of amides is 1. The van der Waals surface area contributed by atoms with E-state index in [-0.39, 0.29) is 5.56 Å². The molecule has 0 bridgehead atoms. The van der Waals surface area contributed by atoms with E-state index >= 15 is 0 Å². The second kappa shape index (κ2) is 6.64. The van der Waals surface area contributed by atoms with E-state index in [1.807, 2.05) is 6.07 Å². The quantitative estimate of drug-likeness (QED) is 0.696. The number of nitriles is 1. The van der Waals surface area contributed by atoms with Crippen molar-refractivity contribution in [3.63, 3.8) is 0 Å². The summed E-state index contributed by atoms with van der Waals surface area (Å²) >= 11 is 0. The fourth-order valence-corrected chi connectivity index (χ4v) is 1.94. The molecule has 0 aliphatic heterocycles. The highest BCUT2D eigenvalue weighted by molar-refractivity contribution is 6.15. The summed E-state index contributed by atoms with van der Waals surface area (Å²) in [7, 11) is 0. The van der Waals surface area contributed by atoms with Crippen molar-refractivity contribution in [1.29, 1.82) is 5.26 Å². The second-order valence-electron chi connectivity index (χ2n) is 4.74. The molecule has 0 aromatic heterocycles. The number of nitrogens with zero attached hydrogens (tertiary/aromatic N) is 1. The third-order valence-corrected chi connectivity index (χ3v) is 3.19. The molecule has 2 aromatic carbocycles. The van der Waals surface area contributed by atoms with Gasteiger partial charge in [-0.2, -0.15) is 5.26 Å². The Kier molecular flexibility index (Phi) is 4.64. The van der Waals surface area contributed by atoms with Gasteiger partial charge in [0.05, 0.1) is 6.07 Å². The molecule has 0 aliphatic carbocycles. The second-order valence-corrected chi connectivity index (χ2v) is 4.74. The molecule has 0 fully saturated rings. The number of aryl methyl sites for hydroxylation is 1. The first-order valence-electron chi connectivity index (χ1n) is 6.59. The van der Waals surface area contributed by atoms with Crippen LogP contribution in [0.3, 0.4) is 0 Å². The van der Waals surface area contributed by atoms with Crippen molar-refractivity contribution in [2.75, 3.05) is 5.32 Å². The van der Waals surface area contributed by atoms with Gasteiger partial charge in [-0.05, 0) is 42.8 Å². The maximum absolute atomic E-state index is 12.9. The van der Waals surface area contributed by atoms with Crippen LogP contribution in [-0.2, 0) is 4.79 Å². The minimum atomic E-state index is -1.48. The molecule has 0 saturated carbocycles. The number of carbonyl (C=O) groups is 2. The molecule has 0 spiro atoms. The summed E-state index contributed by atoms with van der Waals surface area (Å²) in [6.07, 6.45) is 0. The standard InChI is InChI=1S/C17H13FN2O2/c1-11-4-2-3-5-15(11)20-17(22)14(10-19)16(21)12-6-8-13(18)9-7-12/h2-9,14H,1H3,(H,20,22)/t14-/m1/s1. The molecule has 1 N–H and O–H groups in total. The lowest BCUT2D eigenvalue weighted by Gasteiger charge is -2.11. The number of nitrogens with one attached hydrogen (secondary N) is 1. The number of anilines is 1. The molecule has 0 radical (unpaired) electrons. The van der Waals surface area contributed by atoms with Crippen molar-refractivity contribution in [1.82, 2.24) is 0 Å². The first kappa shape index (κ1) is 15.4. The lowest BCUT2D eigenvalue weighted by molar-refractivity contribution is -0.117. The van der Waals surface area contributed by atoms with Crippen LogP contribution in [0.5, 0.6) is 0 Å². The topological polar surface area (TPSA) is 70.0 Å². The van der Waals surface area contributed by atoms with Gasteiger partial charge < -0.3 is 5.32 Å². The highest BCUT2D eigenvalue weighted by Gasteiger charge is 2.27. The number of carbonyl (C=O) groups excluding carboxylic acids is 2. The van der Waals surface area contributed by atoms with E-state index in [9.17, 15) is 14.0 Å². The van der Waals surface area contributed by atoms with Gasteiger partial charge >= 0.3 is 0 Å². The van der Waals surface area contributed by atoms with Gasteiger partial charge in [-0.1, -0.05) is 18.2 Å². The molecule has 0 saturated heterocycles. The summed E-state index contributed by atoms with van der Waals surface area (Å²) in [6, 6.07) is 13.5. The van der Waals surface area contributed by atoms with E-state index in [1.54, 1.807) is 31.2 Å². The maximum Gasteiger partial charge on any atom is 0.249 e. The van der Waals surface area contributed by atoms with Gasteiger partial charge in [-0.25, -0.2) is 4.39 Å². The van der Waals surface area contributed by atoms with Gasteiger partial charge in [0, 0.05) is 11.3 Å². The Hall–Kier alpha value is -3.00. The summed E-state index contributed by atoms with van der Waals surface area (Å²) in [5, 5.41) is 11.7. The van der Waals surface area contributed by atoms with E-state index < -0.39 is 23.4 Å². The molecular formula is C17H13FN2O2. The van der Waals surface area contributed by atoms with E-state index in [0.717, 1.165) is 17.7 Å². The predicted molar refractivity (Wildman–Crippen MR) is 79.6 cm³/mol. The Morgan fingerprint density at radius 3 is 2.36 bits per heavy atom. The Balaban J connectivity index is 2.19. The monoisotopic (exact) mass is 296 g/mol. The highest BCUT2D eigenvalue weighted by atomic mass is 19.1. The van der Waals surface area contributed by atoms with Crippen LogP contribution in [0.1, 0.15) is 15.9 Å². The molecule has 0 unspecified atom stereocenters. The average molecular weight is 296 g/mol. The molecular weight excluding hydrogens is 283 g/mol. The highest BCUT2D eigenvalue weighted by Crippen LogP contribution is 2.16. The minimum Gasteiger partial charge on any atom is -0.324 e.